The van der Waals surface area contributed by atoms with Gasteiger partial charge < -0.3 is 5.73 Å². The Morgan fingerprint density at radius 2 is 2.40 bits per heavy atom. The Kier molecular flexibility index (Phi) is 4.96. The monoisotopic (exact) mass is 138 g/mol. The number of amides is 1. The third-order valence-corrected chi connectivity index (χ3v) is 0.702. The van der Waals surface area contributed by atoms with Crippen molar-refractivity contribution in [3.8, 4) is 0 Å². The largest absolute Gasteiger partial charge is 0.369 e. The van der Waals surface area contributed by atoms with E-state index in [1.54, 1.807) is 12.2 Å². The molecule has 0 saturated heterocycles. The van der Waals surface area contributed by atoms with Gasteiger partial charge in [0.1, 0.15) is 0 Å². The highest BCUT2D eigenvalue weighted by Crippen LogP contribution is 1.80. The lowest BCUT2D eigenvalue weighted by Crippen LogP contribution is -2.07. The highest BCUT2D eigenvalue weighted by atomic mass is 16.1. The Morgan fingerprint density at radius 1 is 1.70 bits per heavy atom. The fraction of sp³-hybridized carbons (Fsp3) is 0.143. The number of nitrogens with two attached hydrogens (primary N) is 1. The zero-order valence-corrected chi connectivity index (χ0v) is 5.66. The Balaban J connectivity index is 3.46. The molecular formula is C7H10N2O. The smallest absolute Gasteiger partial charge is 0.221 e. The summed E-state index contributed by atoms with van der Waals surface area (Å²) in [5.41, 5.74) is 4.84. The van der Waals surface area contributed by atoms with Gasteiger partial charge in [0.05, 0.1) is 0 Å². The molecular weight excluding hydrogens is 128 g/mol. The number of hydrogen-bond donors (Lipinski definition) is 1. The molecule has 0 aromatic rings. The van der Waals surface area contributed by atoms with E-state index in [9.17, 15) is 4.79 Å². The maximum atomic E-state index is 10.1. The van der Waals surface area contributed by atoms with Crippen molar-refractivity contribution < 1.29 is 4.79 Å². The maximum absolute atomic E-state index is 10.1. The van der Waals surface area contributed by atoms with Crippen molar-refractivity contribution in [1.82, 2.24) is 0 Å². The molecule has 2 N–H and O–H groups in total. The lowest BCUT2D eigenvalue weighted by atomic mass is 10.4. The highest BCUT2D eigenvalue weighted by Gasteiger charge is 1.83. The van der Waals surface area contributed by atoms with Gasteiger partial charge in [0, 0.05) is 18.8 Å². The molecule has 0 aromatic carbocycles. The molecule has 3 nitrogen and oxygen atoms in total. The van der Waals surface area contributed by atoms with Crippen LogP contribution in [-0.2, 0) is 4.79 Å². The number of nitrogens with zero attached hydrogens (tertiary/aromatic N) is 1. The van der Waals surface area contributed by atoms with Crippen molar-refractivity contribution in [2.45, 2.75) is 6.42 Å². The average molecular weight is 138 g/mol. The molecule has 0 fully saturated rings. The van der Waals surface area contributed by atoms with Gasteiger partial charge in [-0.15, -0.1) is 0 Å². The summed E-state index contributed by atoms with van der Waals surface area (Å²) >= 11 is 0. The van der Waals surface area contributed by atoms with Crippen LogP contribution in [-0.4, -0.2) is 12.1 Å². The van der Waals surface area contributed by atoms with Crippen LogP contribution >= 0.6 is 0 Å². The van der Waals surface area contributed by atoms with E-state index in [0.29, 0.717) is 0 Å². The minimum atomic E-state index is -0.356. The van der Waals surface area contributed by atoms with Crippen LogP contribution in [0.15, 0.2) is 29.9 Å². The molecule has 0 bridgehead atoms. The molecule has 0 heterocycles. The number of allylic oxidation sites excluding steroid dienone is 1. The van der Waals surface area contributed by atoms with Crippen molar-refractivity contribution in [1.29, 1.82) is 0 Å². The standard InChI is InChI=1S/C7H10N2O/c1-2-5-9-6-3-4-7(8)10/h2-3,5-6H,1,4H2,(H2,8,10)/b6-3-,9-5?. The molecule has 0 rings (SSSR count). The van der Waals surface area contributed by atoms with Crippen LogP contribution in [0.1, 0.15) is 6.42 Å². The molecule has 0 saturated carbocycles. The van der Waals surface area contributed by atoms with Gasteiger partial charge in [-0.3, -0.25) is 9.79 Å². The highest BCUT2D eigenvalue weighted by molar-refractivity contribution is 5.75. The molecule has 0 spiro atoms. The van der Waals surface area contributed by atoms with Gasteiger partial charge >= 0.3 is 0 Å². The van der Waals surface area contributed by atoms with Gasteiger partial charge in [-0.25, -0.2) is 0 Å². The average Bonchev–Trinajstić information content (AvgIpc) is 1.87. The Hall–Kier alpha value is -1.38. The summed E-state index contributed by atoms with van der Waals surface area (Å²) in [5.74, 6) is -0.356. The number of rotatable bonds is 4. The fourth-order valence-corrected chi connectivity index (χ4v) is 0.340. The first kappa shape index (κ1) is 8.62. The second kappa shape index (κ2) is 5.75. The number of carbonyl (C=O) groups is 1. The summed E-state index contributed by atoms with van der Waals surface area (Å²) in [5, 5.41) is 0. The second-order valence-corrected chi connectivity index (χ2v) is 1.59. The van der Waals surface area contributed by atoms with Gasteiger partial charge in [-0.1, -0.05) is 18.7 Å². The lowest BCUT2D eigenvalue weighted by Gasteiger charge is -1.80. The first-order valence-corrected chi connectivity index (χ1v) is 2.85. The van der Waals surface area contributed by atoms with Gasteiger partial charge in [-0.2, -0.15) is 0 Å². The summed E-state index contributed by atoms with van der Waals surface area (Å²) in [4.78, 5) is 13.9. The van der Waals surface area contributed by atoms with E-state index in [1.165, 1.54) is 12.4 Å². The van der Waals surface area contributed by atoms with Crippen molar-refractivity contribution >= 4 is 12.1 Å². The molecule has 10 heavy (non-hydrogen) atoms. The first-order valence-electron chi connectivity index (χ1n) is 2.85. The number of carbonyl (C=O) groups excluding carboxylic acids is 1. The molecule has 0 aliphatic carbocycles. The number of primary amides is 1. The Bertz CT molecular complexity index is 170. The SMILES string of the molecule is C=CC=N/C=C\CC(N)=O. The Labute approximate surface area is 59.9 Å². The zero-order chi connectivity index (χ0) is 7.82. The van der Waals surface area contributed by atoms with Gasteiger partial charge in [0.15, 0.2) is 0 Å². The minimum Gasteiger partial charge on any atom is -0.369 e. The van der Waals surface area contributed by atoms with E-state index in [0.717, 1.165) is 0 Å². The maximum Gasteiger partial charge on any atom is 0.221 e. The van der Waals surface area contributed by atoms with E-state index in [1.807, 2.05) is 0 Å². The molecule has 1 amide bonds. The van der Waals surface area contributed by atoms with E-state index in [-0.39, 0.29) is 12.3 Å². The second-order valence-electron chi connectivity index (χ2n) is 1.59. The zero-order valence-electron chi connectivity index (χ0n) is 5.66. The summed E-state index contributed by atoms with van der Waals surface area (Å²) in [6.07, 6.45) is 6.40. The van der Waals surface area contributed by atoms with Crippen LogP contribution in [0, 0.1) is 0 Å². The lowest BCUT2D eigenvalue weighted by molar-refractivity contribution is -0.117. The molecule has 54 valence electrons. The van der Waals surface area contributed by atoms with Crippen LogP contribution in [0.25, 0.3) is 0 Å². The van der Waals surface area contributed by atoms with Crippen LogP contribution in [0.4, 0.5) is 0 Å². The topological polar surface area (TPSA) is 55.4 Å². The molecule has 0 atom stereocenters. The van der Waals surface area contributed by atoms with Crippen molar-refractivity contribution in [3.05, 3.63) is 24.9 Å². The quantitative estimate of drug-likeness (QED) is 0.569. The predicted octanol–water partition coefficient (Wildman–Crippen LogP) is 0.632. The molecule has 0 radical (unpaired) electrons. The first-order chi connectivity index (χ1) is 4.77. The van der Waals surface area contributed by atoms with Gasteiger partial charge in [-0.05, 0) is 0 Å². The third-order valence-electron chi connectivity index (χ3n) is 0.702. The molecule has 0 unspecified atom stereocenters. The molecule has 0 aromatic heterocycles. The van der Waals surface area contributed by atoms with Crippen LogP contribution in [0.3, 0.4) is 0 Å². The van der Waals surface area contributed by atoms with Crippen molar-refractivity contribution in [3.63, 3.8) is 0 Å². The van der Waals surface area contributed by atoms with Gasteiger partial charge in [0.25, 0.3) is 0 Å². The predicted molar refractivity (Wildman–Crippen MR) is 41.6 cm³/mol. The molecule has 0 aliphatic rings. The van der Waals surface area contributed by atoms with Gasteiger partial charge in [0.2, 0.25) is 5.91 Å². The summed E-state index contributed by atoms with van der Waals surface area (Å²) in [7, 11) is 0. The van der Waals surface area contributed by atoms with Crippen LogP contribution in [0.5, 0.6) is 0 Å². The van der Waals surface area contributed by atoms with Crippen molar-refractivity contribution in [2.24, 2.45) is 10.7 Å². The summed E-state index contributed by atoms with van der Waals surface area (Å²) < 4.78 is 0. The van der Waals surface area contributed by atoms with E-state index >= 15 is 0 Å². The van der Waals surface area contributed by atoms with E-state index in [2.05, 4.69) is 11.6 Å². The molecule has 3 heteroatoms. The summed E-state index contributed by atoms with van der Waals surface area (Å²) in [6.45, 7) is 3.42. The van der Waals surface area contributed by atoms with E-state index in [4.69, 9.17) is 5.73 Å². The van der Waals surface area contributed by atoms with Crippen LogP contribution < -0.4 is 5.73 Å². The fourth-order valence-electron chi connectivity index (χ4n) is 0.340. The van der Waals surface area contributed by atoms with E-state index < -0.39 is 0 Å². The number of hydrogen-bond acceptors (Lipinski definition) is 2. The number of aliphatic imine (C=N–C) groups is 1. The molecule has 0 aliphatic heterocycles. The summed E-state index contributed by atoms with van der Waals surface area (Å²) in [6, 6.07) is 0. The Morgan fingerprint density at radius 3 is 2.90 bits per heavy atom. The van der Waals surface area contributed by atoms with Crippen LogP contribution in [0.2, 0.25) is 0 Å². The normalized spacial score (nSPS) is 10.8. The van der Waals surface area contributed by atoms with Crippen molar-refractivity contribution in [2.75, 3.05) is 0 Å². The third kappa shape index (κ3) is 6.62. The minimum absolute atomic E-state index is 0.231.